The van der Waals surface area contributed by atoms with E-state index in [2.05, 4.69) is 9.62 Å². The number of likely N-dealkylation sites (tertiary alicyclic amines) is 1. The van der Waals surface area contributed by atoms with Crippen LogP contribution in [0.15, 0.2) is 29.2 Å². The van der Waals surface area contributed by atoms with E-state index in [9.17, 15) is 12.8 Å². The maximum atomic E-state index is 12.8. The molecule has 1 aromatic rings. The van der Waals surface area contributed by atoms with Crippen LogP contribution in [0.2, 0.25) is 0 Å². The van der Waals surface area contributed by atoms with E-state index in [-0.39, 0.29) is 10.8 Å². The molecule has 4 nitrogen and oxygen atoms in total. The predicted molar refractivity (Wildman–Crippen MR) is 81.0 cm³/mol. The van der Waals surface area contributed by atoms with Gasteiger partial charge in [0.1, 0.15) is 5.82 Å². The van der Waals surface area contributed by atoms with Gasteiger partial charge in [0.05, 0.1) is 4.90 Å². The Bertz CT molecular complexity index is 539. The van der Waals surface area contributed by atoms with Gasteiger partial charge in [-0.05, 0) is 56.1 Å². The number of nitrogens with one attached hydrogen (secondary N) is 1. The van der Waals surface area contributed by atoms with Crippen LogP contribution in [-0.4, -0.2) is 39.5 Å². The molecule has 0 radical (unpaired) electrons. The molecule has 1 heterocycles. The Morgan fingerprint density at radius 3 is 2.43 bits per heavy atom. The molecule has 21 heavy (non-hydrogen) atoms. The molecule has 0 aromatic heterocycles. The van der Waals surface area contributed by atoms with Gasteiger partial charge in [-0.3, -0.25) is 0 Å². The third-order valence-electron chi connectivity index (χ3n) is 3.76. The van der Waals surface area contributed by atoms with Gasteiger partial charge in [0.2, 0.25) is 10.0 Å². The molecule has 0 spiro atoms. The number of nitrogens with zero attached hydrogens (tertiary/aromatic N) is 1. The van der Waals surface area contributed by atoms with Crippen LogP contribution in [0.1, 0.15) is 26.2 Å². The highest BCUT2D eigenvalue weighted by molar-refractivity contribution is 7.89. The lowest BCUT2D eigenvalue weighted by Crippen LogP contribution is -2.38. The molecule has 0 unspecified atom stereocenters. The fraction of sp³-hybridized carbons (Fsp3) is 0.600. The Morgan fingerprint density at radius 2 is 1.81 bits per heavy atom. The van der Waals surface area contributed by atoms with E-state index >= 15 is 0 Å². The van der Waals surface area contributed by atoms with Gasteiger partial charge in [-0.1, -0.05) is 13.3 Å². The lowest BCUT2D eigenvalue weighted by molar-refractivity contribution is 0.201. The molecular weight excluding hydrogens is 291 g/mol. The average molecular weight is 314 g/mol. The number of benzene rings is 1. The van der Waals surface area contributed by atoms with Crippen molar-refractivity contribution in [2.45, 2.75) is 31.1 Å². The predicted octanol–water partition coefficient (Wildman–Crippen LogP) is 2.23. The minimum Gasteiger partial charge on any atom is -0.303 e. The van der Waals surface area contributed by atoms with Gasteiger partial charge >= 0.3 is 0 Å². The van der Waals surface area contributed by atoms with Gasteiger partial charge in [0.15, 0.2) is 0 Å². The molecule has 1 aliphatic rings. The van der Waals surface area contributed by atoms with E-state index in [1.54, 1.807) is 0 Å². The van der Waals surface area contributed by atoms with Gasteiger partial charge in [0, 0.05) is 13.1 Å². The van der Waals surface area contributed by atoms with Crippen molar-refractivity contribution in [2.24, 2.45) is 5.92 Å². The van der Waals surface area contributed by atoms with E-state index in [4.69, 9.17) is 0 Å². The van der Waals surface area contributed by atoms with Gasteiger partial charge in [0.25, 0.3) is 0 Å². The molecule has 2 rings (SSSR count). The van der Waals surface area contributed by atoms with Crippen LogP contribution in [0.4, 0.5) is 4.39 Å². The van der Waals surface area contributed by atoms with Crippen LogP contribution in [-0.2, 0) is 10.0 Å². The first-order valence-electron chi connectivity index (χ1n) is 7.45. The second-order valence-electron chi connectivity index (χ2n) is 5.77. The summed E-state index contributed by atoms with van der Waals surface area (Å²) in [6.45, 7) is 5.56. The highest BCUT2D eigenvalue weighted by Crippen LogP contribution is 2.12. The van der Waals surface area contributed by atoms with Gasteiger partial charge in [-0.25, -0.2) is 17.5 Å². The molecule has 1 aliphatic heterocycles. The van der Waals surface area contributed by atoms with Crippen LogP contribution >= 0.6 is 0 Å². The summed E-state index contributed by atoms with van der Waals surface area (Å²) in [6.07, 6.45) is 3.75. The zero-order valence-corrected chi connectivity index (χ0v) is 13.2. The van der Waals surface area contributed by atoms with Crippen molar-refractivity contribution >= 4 is 10.0 Å². The maximum Gasteiger partial charge on any atom is 0.240 e. The highest BCUT2D eigenvalue weighted by atomic mass is 32.2. The average Bonchev–Trinajstić information content (AvgIpc) is 2.47. The molecule has 0 saturated carbocycles. The smallest absolute Gasteiger partial charge is 0.240 e. The minimum absolute atomic E-state index is 0.106. The van der Waals surface area contributed by atoms with Crippen LogP contribution < -0.4 is 4.72 Å². The van der Waals surface area contributed by atoms with Crippen LogP contribution in [0.5, 0.6) is 0 Å². The summed E-state index contributed by atoms with van der Waals surface area (Å²) < 4.78 is 39.6. The fourth-order valence-corrected chi connectivity index (χ4v) is 3.76. The maximum absolute atomic E-state index is 12.8. The molecule has 1 fully saturated rings. The molecule has 1 aromatic carbocycles. The summed E-state index contributed by atoms with van der Waals surface area (Å²) >= 11 is 0. The standard InChI is InChI=1S/C15H23FN2O2S/c1-13(12-18-9-3-2-4-10-18)11-17-21(19,20)15-7-5-14(16)6-8-15/h5-8,13,17H,2-4,9-12H2,1H3/t13-/m0/s1. The summed E-state index contributed by atoms with van der Waals surface area (Å²) in [6, 6.07) is 4.89. The molecule has 6 heteroatoms. The SMILES string of the molecule is C[C@@H](CNS(=O)(=O)c1ccc(F)cc1)CN1CCCCC1. The molecule has 1 atom stereocenters. The first-order valence-corrected chi connectivity index (χ1v) is 8.93. The number of rotatable bonds is 6. The van der Waals surface area contributed by atoms with Gasteiger partial charge in [-0.2, -0.15) is 0 Å². The monoisotopic (exact) mass is 314 g/mol. The Labute approximate surface area is 126 Å². The van der Waals surface area contributed by atoms with E-state index in [0.29, 0.717) is 6.54 Å². The highest BCUT2D eigenvalue weighted by Gasteiger charge is 2.17. The number of piperidine rings is 1. The Morgan fingerprint density at radius 1 is 1.19 bits per heavy atom. The third-order valence-corrected chi connectivity index (χ3v) is 5.20. The molecule has 1 N–H and O–H groups in total. The van der Waals surface area contributed by atoms with Crippen molar-refractivity contribution in [3.63, 3.8) is 0 Å². The first-order chi connectivity index (χ1) is 9.97. The van der Waals surface area contributed by atoms with Gasteiger partial charge in [-0.15, -0.1) is 0 Å². The molecule has 0 amide bonds. The van der Waals surface area contributed by atoms with Crippen LogP contribution in [0, 0.1) is 11.7 Å². The normalized spacial score (nSPS) is 18.6. The Hall–Kier alpha value is -0.980. The second-order valence-corrected chi connectivity index (χ2v) is 7.54. The van der Waals surface area contributed by atoms with Crippen molar-refractivity contribution in [1.82, 2.24) is 9.62 Å². The zero-order valence-electron chi connectivity index (χ0n) is 12.4. The summed E-state index contributed by atoms with van der Waals surface area (Å²) in [5, 5.41) is 0. The number of halogens is 1. The van der Waals surface area contributed by atoms with Crippen molar-refractivity contribution in [1.29, 1.82) is 0 Å². The quantitative estimate of drug-likeness (QED) is 0.876. The van der Waals surface area contributed by atoms with Crippen LogP contribution in [0.3, 0.4) is 0 Å². The Kier molecular flexibility index (Phi) is 5.72. The fourth-order valence-electron chi connectivity index (χ4n) is 2.60. The number of hydrogen-bond acceptors (Lipinski definition) is 3. The molecule has 1 saturated heterocycles. The lowest BCUT2D eigenvalue weighted by atomic mass is 10.1. The summed E-state index contributed by atoms with van der Waals surface area (Å²) in [4.78, 5) is 2.49. The second kappa shape index (κ2) is 7.33. The molecule has 118 valence electrons. The summed E-state index contributed by atoms with van der Waals surface area (Å²) in [5.41, 5.74) is 0. The van der Waals surface area contributed by atoms with Crippen molar-refractivity contribution < 1.29 is 12.8 Å². The largest absolute Gasteiger partial charge is 0.303 e. The first kappa shape index (κ1) is 16.4. The van der Waals surface area contributed by atoms with E-state index in [1.165, 1.54) is 31.4 Å². The summed E-state index contributed by atoms with van der Waals surface area (Å²) in [5.74, 6) is -0.189. The topological polar surface area (TPSA) is 49.4 Å². The summed E-state index contributed by atoms with van der Waals surface area (Å²) in [7, 11) is -3.55. The van der Waals surface area contributed by atoms with Crippen molar-refractivity contribution in [3.8, 4) is 0 Å². The van der Waals surface area contributed by atoms with E-state index < -0.39 is 15.8 Å². The number of sulfonamides is 1. The lowest BCUT2D eigenvalue weighted by Gasteiger charge is -2.29. The number of hydrogen-bond donors (Lipinski definition) is 1. The minimum atomic E-state index is -3.55. The van der Waals surface area contributed by atoms with Gasteiger partial charge < -0.3 is 4.90 Å². The third kappa shape index (κ3) is 5.05. The molecular formula is C15H23FN2O2S. The van der Waals surface area contributed by atoms with E-state index in [0.717, 1.165) is 31.8 Å². The molecule has 0 aliphatic carbocycles. The van der Waals surface area contributed by atoms with Crippen LogP contribution in [0.25, 0.3) is 0 Å². The van der Waals surface area contributed by atoms with Crippen molar-refractivity contribution in [2.75, 3.05) is 26.2 Å². The zero-order chi connectivity index (χ0) is 15.3. The van der Waals surface area contributed by atoms with Crippen molar-refractivity contribution in [3.05, 3.63) is 30.1 Å². The molecule has 0 bridgehead atoms. The van der Waals surface area contributed by atoms with E-state index in [1.807, 2.05) is 6.92 Å². The Balaban J connectivity index is 1.84.